The van der Waals surface area contributed by atoms with Crippen LogP contribution in [0.3, 0.4) is 0 Å². The quantitative estimate of drug-likeness (QED) is 0.524. The molecule has 1 aromatic carbocycles. The lowest BCUT2D eigenvalue weighted by molar-refractivity contribution is -0.385. The van der Waals surface area contributed by atoms with Crippen LogP contribution in [0.1, 0.15) is 26.3 Å². The number of amides is 1. The minimum Gasteiger partial charge on any atom is -0.490 e. The molecule has 27 heavy (non-hydrogen) atoms. The van der Waals surface area contributed by atoms with Crippen LogP contribution in [0.25, 0.3) is 0 Å². The van der Waals surface area contributed by atoms with Crippen molar-refractivity contribution in [2.24, 2.45) is 0 Å². The number of hydrogen-bond donors (Lipinski definition) is 1. The number of nitrogens with zero attached hydrogens (tertiary/aromatic N) is 3. The molecule has 0 radical (unpaired) electrons. The van der Waals surface area contributed by atoms with E-state index in [0.29, 0.717) is 12.1 Å². The Bertz CT molecular complexity index is 812. The number of carbonyl (C=O) groups is 1. The van der Waals surface area contributed by atoms with E-state index < -0.39 is 23.5 Å². The summed E-state index contributed by atoms with van der Waals surface area (Å²) in [5.41, 5.74) is 0.0681. The topological polar surface area (TPSA) is 109 Å². The Morgan fingerprint density at radius 3 is 2.67 bits per heavy atom. The number of carbonyl (C=O) groups excluding carboxylic acids is 1. The molecule has 0 saturated carbocycles. The Labute approximate surface area is 153 Å². The molecule has 9 nitrogen and oxygen atoms in total. The van der Waals surface area contributed by atoms with Gasteiger partial charge in [-0.2, -0.15) is 13.9 Å². The molecule has 1 atom stereocenters. The van der Waals surface area contributed by atoms with Gasteiger partial charge in [-0.1, -0.05) is 6.92 Å². The Kier molecular flexibility index (Phi) is 6.63. The molecular weight excluding hydrogens is 366 g/mol. The minimum atomic E-state index is -3.01. The molecule has 146 valence electrons. The number of aromatic nitrogens is 2. The molecule has 1 unspecified atom stereocenters. The highest BCUT2D eigenvalue weighted by molar-refractivity contribution is 5.94. The third-order valence-electron chi connectivity index (χ3n) is 3.53. The second kappa shape index (κ2) is 8.92. The van der Waals surface area contributed by atoms with E-state index in [1.165, 1.54) is 29.1 Å². The van der Waals surface area contributed by atoms with Gasteiger partial charge in [-0.3, -0.25) is 19.6 Å². The second-order valence-corrected chi connectivity index (χ2v) is 5.32. The lowest BCUT2D eigenvalue weighted by Gasteiger charge is -2.17. The van der Waals surface area contributed by atoms with Gasteiger partial charge in [0.05, 0.1) is 11.5 Å². The van der Waals surface area contributed by atoms with Gasteiger partial charge in [0.25, 0.3) is 0 Å². The maximum Gasteiger partial charge on any atom is 0.387 e. The predicted molar refractivity (Wildman–Crippen MR) is 91.1 cm³/mol. The van der Waals surface area contributed by atoms with Crippen molar-refractivity contribution in [3.63, 3.8) is 0 Å². The van der Waals surface area contributed by atoms with E-state index in [2.05, 4.69) is 15.2 Å². The van der Waals surface area contributed by atoms with Crippen molar-refractivity contribution < 1.29 is 28.0 Å². The van der Waals surface area contributed by atoms with Crippen LogP contribution in [0.5, 0.6) is 11.5 Å². The Hall–Kier alpha value is -3.24. The van der Waals surface area contributed by atoms with E-state index in [-0.39, 0.29) is 23.8 Å². The standard InChI is InChI=1S/C16H18F2N4O5/c1-3-12(21-9-11(8-19-21)22(24)25)15(23)20-10-5-6-13(27-16(17)18)14(7-10)26-4-2/h5-9,12,16H,3-4H2,1-2H3,(H,20,23). The fourth-order valence-corrected chi connectivity index (χ4v) is 2.36. The van der Waals surface area contributed by atoms with E-state index in [1.54, 1.807) is 13.8 Å². The van der Waals surface area contributed by atoms with Crippen molar-refractivity contribution >= 4 is 17.3 Å². The largest absolute Gasteiger partial charge is 0.490 e. The third-order valence-corrected chi connectivity index (χ3v) is 3.53. The average molecular weight is 384 g/mol. The first-order valence-electron chi connectivity index (χ1n) is 8.06. The molecule has 11 heteroatoms. The summed E-state index contributed by atoms with van der Waals surface area (Å²) in [5.74, 6) is -0.571. The van der Waals surface area contributed by atoms with Gasteiger partial charge in [0, 0.05) is 11.8 Å². The maximum atomic E-state index is 12.5. The minimum absolute atomic E-state index is 0.0541. The fourth-order valence-electron chi connectivity index (χ4n) is 2.36. The molecule has 1 N–H and O–H groups in total. The van der Waals surface area contributed by atoms with Crippen LogP contribution >= 0.6 is 0 Å². The highest BCUT2D eigenvalue weighted by Crippen LogP contribution is 2.32. The summed E-state index contributed by atoms with van der Waals surface area (Å²) in [6.07, 6.45) is 2.55. The van der Waals surface area contributed by atoms with Gasteiger partial charge in [0.2, 0.25) is 5.91 Å². The van der Waals surface area contributed by atoms with Crippen molar-refractivity contribution in [1.82, 2.24) is 9.78 Å². The summed E-state index contributed by atoms with van der Waals surface area (Å²) >= 11 is 0. The highest BCUT2D eigenvalue weighted by atomic mass is 19.3. The number of hydrogen-bond acceptors (Lipinski definition) is 6. The molecule has 2 rings (SSSR count). The predicted octanol–water partition coefficient (Wildman–Crippen LogP) is 3.38. The number of halogens is 2. The zero-order chi connectivity index (χ0) is 20.0. The van der Waals surface area contributed by atoms with Crippen molar-refractivity contribution in [2.45, 2.75) is 32.9 Å². The van der Waals surface area contributed by atoms with E-state index in [0.717, 1.165) is 6.20 Å². The van der Waals surface area contributed by atoms with Crippen molar-refractivity contribution in [3.05, 3.63) is 40.7 Å². The van der Waals surface area contributed by atoms with Crippen LogP contribution < -0.4 is 14.8 Å². The molecule has 0 aliphatic heterocycles. The number of benzene rings is 1. The summed E-state index contributed by atoms with van der Waals surface area (Å²) < 4.78 is 35.7. The molecule has 2 aromatic rings. The highest BCUT2D eigenvalue weighted by Gasteiger charge is 2.22. The number of ether oxygens (including phenoxy) is 2. The van der Waals surface area contributed by atoms with Crippen LogP contribution in [0.15, 0.2) is 30.6 Å². The average Bonchev–Trinajstić information content (AvgIpc) is 3.08. The molecule has 0 spiro atoms. The first kappa shape index (κ1) is 20.1. The van der Waals surface area contributed by atoms with E-state index >= 15 is 0 Å². The molecule has 0 aliphatic rings. The maximum absolute atomic E-state index is 12.5. The summed E-state index contributed by atoms with van der Waals surface area (Å²) in [7, 11) is 0. The van der Waals surface area contributed by atoms with Gasteiger partial charge in [0.1, 0.15) is 18.4 Å². The van der Waals surface area contributed by atoms with E-state index in [9.17, 15) is 23.7 Å². The normalized spacial score (nSPS) is 11.9. The first-order valence-corrected chi connectivity index (χ1v) is 8.06. The lowest BCUT2D eigenvalue weighted by atomic mass is 10.2. The summed E-state index contributed by atoms with van der Waals surface area (Å²) in [6.45, 7) is 0.605. The zero-order valence-corrected chi connectivity index (χ0v) is 14.6. The summed E-state index contributed by atoms with van der Waals surface area (Å²) in [5, 5.41) is 17.2. The number of alkyl halides is 2. The fraction of sp³-hybridized carbons (Fsp3) is 0.375. The third kappa shape index (κ3) is 5.12. The monoisotopic (exact) mass is 384 g/mol. The molecule has 0 fully saturated rings. The molecule has 0 bridgehead atoms. The van der Waals surface area contributed by atoms with Gasteiger partial charge in [-0.05, 0) is 25.5 Å². The number of anilines is 1. The van der Waals surface area contributed by atoms with Gasteiger partial charge < -0.3 is 14.8 Å². The van der Waals surface area contributed by atoms with Crippen molar-refractivity contribution in [2.75, 3.05) is 11.9 Å². The van der Waals surface area contributed by atoms with Crippen LogP contribution in [0.2, 0.25) is 0 Å². The van der Waals surface area contributed by atoms with Gasteiger partial charge in [0.15, 0.2) is 11.5 Å². The summed E-state index contributed by atoms with van der Waals surface area (Å²) in [6, 6.07) is 3.21. The number of rotatable bonds is 9. The first-order chi connectivity index (χ1) is 12.8. The van der Waals surface area contributed by atoms with Gasteiger partial charge in [-0.25, -0.2) is 0 Å². The van der Waals surface area contributed by atoms with Crippen LogP contribution in [0, 0.1) is 10.1 Å². The van der Waals surface area contributed by atoms with Crippen molar-refractivity contribution in [3.8, 4) is 11.5 Å². The Morgan fingerprint density at radius 2 is 2.11 bits per heavy atom. The van der Waals surface area contributed by atoms with Crippen molar-refractivity contribution in [1.29, 1.82) is 0 Å². The molecule has 1 heterocycles. The molecule has 0 saturated heterocycles. The van der Waals surface area contributed by atoms with E-state index in [4.69, 9.17) is 4.74 Å². The number of nitro groups is 1. The molecule has 1 amide bonds. The van der Waals surface area contributed by atoms with Gasteiger partial charge in [-0.15, -0.1) is 0 Å². The molecule has 0 aliphatic carbocycles. The molecular formula is C16H18F2N4O5. The Morgan fingerprint density at radius 1 is 1.37 bits per heavy atom. The van der Waals surface area contributed by atoms with Crippen LogP contribution in [-0.2, 0) is 4.79 Å². The smallest absolute Gasteiger partial charge is 0.387 e. The van der Waals surface area contributed by atoms with Crippen LogP contribution in [0.4, 0.5) is 20.2 Å². The van der Waals surface area contributed by atoms with E-state index in [1.807, 2.05) is 0 Å². The number of nitrogens with one attached hydrogen (secondary N) is 1. The second-order valence-electron chi connectivity index (χ2n) is 5.32. The lowest BCUT2D eigenvalue weighted by Crippen LogP contribution is -2.26. The van der Waals surface area contributed by atoms with Crippen LogP contribution in [-0.4, -0.2) is 33.8 Å². The summed E-state index contributed by atoms with van der Waals surface area (Å²) in [4.78, 5) is 22.7. The Balaban J connectivity index is 2.19. The zero-order valence-electron chi connectivity index (χ0n) is 14.6. The SMILES string of the molecule is CCOc1cc(NC(=O)C(CC)n2cc([N+](=O)[O-])cn2)ccc1OC(F)F. The van der Waals surface area contributed by atoms with Gasteiger partial charge >= 0.3 is 12.3 Å². The molecule has 1 aromatic heterocycles.